The third-order valence-corrected chi connectivity index (χ3v) is 3.81. The van der Waals surface area contributed by atoms with Crippen molar-refractivity contribution in [2.24, 2.45) is 0 Å². The lowest BCUT2D eigenvalue weighted by Crippen LogP contribution is -2.02. The number of aromatic nitrogens is 3. The van der Waals surface area contributed by atoms with Crippen LogP contribution in [0.25, 0.3) is 5.65 Å². The first-order valence-electron chi connectivity index (χ1n) is 5.21. The Kier molecular flexibility index (Phi) is 2.95. The lowest BCUT2D eigenvalue weighted by Gasteiger charge is -2.04. The fraction of sp³-hybridized carbons (Fsp3) is 0.455. The molecule has 0 amide bonds. The maximum Gasteiger partial charge on any atom is 0.169 e. The molecule has 80 valence electrons. The second-order valence-corrected chi connectivity index (χ2v) is 4.66. The molecule has 3 nitrogen and oxygen atoms in total. The zero-order valence-electron chi connectivity index (χ0n) is 9.21. The van der Waals surface area contributed by atoms with Gasteiger partial charge in [0.25, 0.3) is 0 Å². The zero-order chi connectivity index (χ0) is 11.0. The molecular weight excluding hydrogens is 301 g/mol. The second kappa shape index (κ2) is 4.08. The van der Waals surface area contributed by atoms with E-state index in [1.807, 2.05) is 11.4 Å². The number of rotatable bonds is 2. The molecule has 2 rings (SSSR count). The molecule has 0 atom stereocenters. The molecule has 0 saturated heterocycles. The largest absolute Gasteiger partial charge is 0.233 e. The SMILES string of the molecule is CCc1cc(CC)n2nc(C)c(I)c2n1. The average Bonchev–Trinajstić information content (AvgIpc) is 2.54. The van der Waals surface area contributed by atoms with Crippen molar-refractivity contribution >= 4 is 28.2 Å². The standard InChI is InChI=1S/C11H14IN3/c1-4-8-6-9(5-2)15-11(13-8)10(12)7(3)14-15/h6H,4-5H2,1-3H3. The quantitative estimate of drug-likeness (QED) is 0.798. The fourth-order valence-electron chi connectivity index (χ4n) is 1.65. The van der Waals surface area contributed by atoms with Crippen molar-refractivity contribution < 1.29 is 0 Å². The smallest absolute Gasteiger partial charge is 0.169 e. The van der Waals surface area contributed by atoms with Crippen LogP contribution in [0.5, 0.6) is 0 Å². The molecule has 0 saturated carbocycles. The highest BCUT2D eigenvalue weighted by Crippen LogP contribution is 2.18. The summed E-state index contributed by atoms with van der Waals surface area (Å²) in [5.41, 5.74) is 4.45. The second-order valence-electron chi connectivity index (χ2n) is 3.58. The Morgan fingerprint density at radius 3 is 2.67 bits per heavy atom. The van der Waals surface area contributed by atoms with Crippen molar-refractivity contribution in [2.75, 3.05) is 0 Å². The Bertz CT molecular complexity index is 502. The van der Waals surface area contributed by atoms with E-state index in [1.54, 1.807) is 0 Å². The predicted molar refractivity (Wildman–Crippen MR) is 69.2 cm³/mol. The summed E-state index contributed by atoms with van der Waals surface area (Å²) in [6, 6.07) is 2.15. The Morgan fingerprint density at radius 1 is 1.33 bits per heavy atom. The number of fused-ring (bicyclic) bond motifs is 1. The lowest BCUT2D eigenvalue weighted by atomic mass is 10.2. The van der Waals surface area contributed by atoms with Crippen molar-refractivity contribution in [2.45, 2.75) is 33.6 Å². The van der Waals surface area contributed by atoms with Gasteiger partial charge in [0.1, 0.15) is 0 Å². The van der Waals surface area contributed by atoms with Crippen molar-refractivity contribution in [3.63, 3.8) is 0 Å². The molecule has 0 unspecified atom stereocenters. The lowest BCUT2D eigenvalue weighted by molar-refractivity contribution is 0.823. The number of halogens is 1. The highest BCUT2D eigenvalue weighted by molar-refractivity contribution is 14.1. The third kappa shape index (κ3) is 1.75. The maximum absolute atomic E-state index is 4.62. The van der Waals surface area contributed by atoms with Crippen molar-refractivity contribution in [1.82, 2.24) is 14.6 Å². The van der Waals surface area contributed by atoms with Gasteiger partial charge in [0.15, 0.2) is 5.65 Å². The van der Waals surface area contributed by atoms with Crippen LogP contribution in [0.15, 0.2) is 6.07 Å². The molecular formula is C11H14IN3. The molecule has 4 heteroatoms. The molecule has 0 aliphatic rings. The first kappa shape index (κ1) is 10.9. The van der Waals surface area contributed by atoms with Gasteiger partial charge < -0.3 is 0 Å². The van der Waals surface area contributed by atoms with Crippen LogP contribution in [-0.2, 0) is 12.8 Å². The third-order valence-electron chi connectivity index (χ3n) is 2.54. The molecule has 0 aliphatic carbocycles. The summed E-state index contributed by atoms with van der Waals surface area (Å²) >= 11 is 2.32. The van der Waals surface area contributed by atoms with Gasteiger partial charge in [-0.3, -0.25) is 0 Å². The van der Waals surface area contributed by atoms with E-state index >= 15 is 0 Å². The van der Waals surface area contributed by atoms with Crippen LogP contribution in [0.4, 0.5) is 0 Å². The predicted octanol–water partition coefficient (Wildman–Crippen LogP) is 2.77. The first-order chi connectivity index (χ1) is 7.17. The minimum atomic E-state index is 0.976. The number of aryl methyl sites for hydroxylation is 3. The van der Waals surface area contributed by atoms with Gasteiger partial charge in [-0.2, -0.15) is 5.10 Å². The van der Waals surface area contributed by atoms with Crippen molar-refractivity contribution in [1.29, 1.82) is 0 Å². The van der Waals surface area contributed by atoms with Crippen LogP contribution < -0.4 is 0 Å². The van der Waals surface area contributed by atoms with Crippen molar-refractivity contribution in [3.05, 3.63) is 26.7 Å². The zero-order valence-corrected chi connectivity index (χ0v) is 11.4. The van der Waals surface area contributed by atoms with E-state index in [4.69, 9.17) is 0 Å². The summed E-state index contributed by atoms with van der Waals surface area (Å²) in [6.07, 6.45) is 1.97. The van der Waals surface area contributed by atoms with Gasteiger partial charge in [0.05, 0.1) is 9.26 Å². The topological polar surface area (TPSA) is 30.2 Å². The number of hydrogen-bond acceptors (Lipinski definition) is 2. The Hall–Kier alpha value is -0.650. The van der Waals surface area contributed by atoms with Gasteiger partial charge in [-0.05, 0) is 48.4 Å². The van der Waals surface area contributed by atoms with E-state index in [-0.39, 0.29) is 0 Å². The summed E-state index contributed by atoms with van der Waals surface area (Å²) in [7, 11) is 0. The van der Waals surface area contributed by atoms with Gasteiger partial charge >= 0.3 is 0 Å². The molecule has 0 aliphatic heterocycles. The normalized spacial score (nSPS) is 11.2. The fourth-order valence-corrected chi connectivity index (χ4v) is 2.10. The average molecular weight is 315 g/mol. The highest BCUT2D eigenvalue weighted by Gasteiger charge is 2.11. The Morgan fingerprint density at radius 2 is 2.07 bits per heavy atom. The molecule has 0 aromatic carbocycles. The Labute approximate surface area is 103 Å². The van der Waals surface area contributed by atoms with E-state index in [1.165, 1.54) is 5.69 Å². The van der Waals surface area contributed by atoms with E-state index in [0.717, 1.165) is 33.4 Å². The minimum absolute atomic E-state index is 0.976. The van der Waals surface area contributed by atoms with Gasteiger partial charge in [-0.15, -0.1) is 0 Å². The molecule has 0 bridgehead atoms. The van der Waals surface area contributed by atoms with Crippen LogP contribution in [0.1, 0.15) is 30.9 Å². The van der Waals surface area contributed by atoms with Crippen LogP contribution >= 0.6 is 22.6 Å². The van der Waals surface area contributed by atoms with Crippen LogP contribution in [0.2, 0.25) is 0 Å². The van der Waals surface area contributed by atoms with Gasteiger partial charge in [-0.25, -0.2) is 9.50 Å². The van der Waals surface area contributed by atoms with Gasteiger partial charge in [0, 0.05) is 11.4 Å². The summed E-state index contributed by atoms with van der Waals surface area (Å²) in [5, 5.41) is 4.51. The minimum Gasteiger partial charge on any atom is -0.233 e. The number of nitrogens with zero attached hydrogens (tertiary/aromatic N) is 3. The summed E-state index contributed by atoms with van der Waals surface area (Å²) in [6.45, 7) is 6.31. The summed E-state index contributed by atoms with van der Waals surface area (Å²) in [5.74, 6) is 0. The van der Waals surface area contributed by atoms with E-state index in [9.17, 15) is 0 Å². The molecule has 15 heavy (non-hydrogen) atoms. The molecule has 2 heterocycles. The monoisotopic (exact) mass is 315 g/mol. The van der Waals surface area contributed by atoms with Gasteiger partial charge in [0.2, 0.25) is 0 Å². The maximum atomic E-state index is 4.62. The Balaban J connectivity index is 2.80. The molecule has 2 aromatic rings. The first-order valence-corrected chi connectivity index (χ1v) is 6.28. The molecule has 0 radical (unpaired) electrons. The van der Waals surface area contributed by atoms with Gasteiger partial charge in [-0.1, -0.05) is 13.8 Å². The molecule has 0 N–H and O–H groups in total. The molecule has 2 aromatic heterocycles. The highest BCUT2D eigenvalue weighted by atomic mass is 127. The van der Waals surface area contributed by atoms with E-state index in [2.05, 4.69) is 52.6 Å². The summed E-state index contributed by atoms with van der Waals surface area (Å²) in [4.78, 5) is 4.62. The van der Waals surface area contributed by atoms with Crippen molar-refractivity contribution in [3.8, 4) is 0 Å². The van der Waals surface area contributed by atoms with Crippen LogP contribution in [0, 0.1) is 10.5 Å². The van der Waals surface area contributed by atoms with Crippen LogP contribution in [0.3, 0.4) is 0 Å². The number of hydrogen-bond donors (Lipinski definition) is 0. The van der Waals surface area contributed by atoms with E-state index in [0.29, 0.717) is 0 Å². The van der Waals surface area contributed by atoms with E-state index < -0.39 is 0 Å². The summed E-state index contributed by atoms with van der Waals surface area (Å²) < 4.78 is 3.13. The molecule has 0 fully saturated rings. The molecule has 0 spiro atoms. The van der Waals surface area contributed by atoms with Crippen LogP contribution in [-0.4, -0.2) is 14.6 Å².